The molecule has 0 spiro atoms. The van der Waals surface area contributed by atoms with Gasteiger partial charge in [0.05, 0.1) is 26.0 Å². The Morgan fingerprint density at radius 1 is 1.23 bits per heavy atom. The van der Waals surface area contributed by atoms with E-state index in [2.05, 4.69) is 25.4 Å². The standard InChI is InChI=1S/C15H19N5O2/c1-2-22-13-5-3-12(4-6-13)17-14-11-16-19-15(18-14)20-7-9-21-10-8-20/h3-6,11H,2,7-10H2,1H3,(H,17,18,19). The van der Waals surface area contributed by atoms with Gasteiger partial charge in [0, 0.05) is 18.8 Å². The van der Waals surface area contributed by atoms with Crippen molar-refractivity contribution in [3.8, 4) is 5.75 Å². The molecule has 0 aliphatic carbocycles. The minimum atomic E-state index is 0.624. The van der Waals surface area contributed by atoms with E-state index in [4.69, 9.17) is 9.47 Å². The third kappa shape index (κ3) is 3.62. The number of hydrogen-bond donors (Lipinski definition) is 1. The Labute approximate surface area is 129 Å². The maximum atomic E-state index is 5.43. The third-order valence-corrected chi connectivity index (χ3v) is 3.28. The van der Waals surface area contributed by atoms with Crippen LogP contribution in [-0.4, -0.2) is 48.1 Å². The largest absolute Gasteiger partial charge is 0.494 e. The number of rotatable bonds is 5. The molecular weight excluding hydrogens is 282 g/mol. The zero-order valence-corrected chi connectivity index (χ0v) is 12.5. The van der Waals surface area contributed by atoms with Gasteiger partial charge in [0.2, 0.25) is 5.95 Å². The van der Waals surface area contributed by atoms with Gasteiger partial charge in [0.1, 0.15) is 5.75 Å². The van der Waals surface area contributed by atoms with Crippen LogP contribution < -0.4 is 15.0 Å². The smallest absolute Gasteiger partial charge is 0.247 e. The highest BCUT2D eigenvalue weighted by atomic mass is 16.5. The monoisotopic (exact) mass is 301 g/mol. The fraction of sp³-hybridized carbons (Fsp3) is 0.400. The van der Waals surface area contributed by atoms with Gasteiger partial charge in [0.15, 0.2) is 5.82 Å². The fourth-order valence-electron chi connectivity index (χ4n) is 2.20. The molecule has 1 saturated heterocycles. The molecule has 1 aromatic carbocycles. The van der Waals surface area contributed by atoms with Crippen molar-refractivity contribution in [1.29, 1.82) is 0 Å². The molecule has 3 rings (SSSR count). The van der Waals surface area contributed by atoms with Crippen LogP contribution in [-0.2, 0) is 4.74 Å². The van der Waals surface area contributed by atoms with Crippen molar-refractivity contribution in [3.63, 3.8) is 0 Å². The Morgan fingerprint density at radius 3 is 2.73 bits per heavy atom. The van der Waals surface area contributed by atoms with Crippen molar-refractivity contribution in [3.05, 3.63) is 30.5 Å². The SMILES string of the molecule is CCOc1ccc(Nc2cnnc(N3CCOCC3)n2)cc1. The molecule has 1 N–H and O–H groups in total. The van der Waals surface area contributed by atoms with Crippen molar-refractivity contribution in [1.82, 2.24) is 15.2 Å². The molecule has 1 aromatic heterocycles. The molecule has 1 aliphatic rings. The number of anilines is 3. The lowest BCUT2D eigenvalue weighted by Crippen LogP contribution is -2.37. The minimum Gasteiger partial charge on any atom is -0.494 e. The molecule has 0 radical (unpaired) electrons. The summed E-state index contributed by atoms with van der Waals surface area (Å²) in [7, 11) is 0. The van der Waals surface area contributed by atoms with Crippen LogP contribution in [0.2, 0.25) is 0 Å². The van der Waals surface area contributed by atoms with Crippen LogP contribution in [0.1, 0.15) is 6.92 Å². The van der Waals surface area contributed by atoms with E-state index in [1.165, 1.54) is 0 Å². The number of ether oxygens (including phenoxy) is 2. The molecular formula is C15H19N5O2. The van der Waals surface area contributed by atoms with Crippen molar-refractivity contribution < 1.29 is 9.47 Å². The molecule has 7 nitrogen and oxygen atoms in total. The Kier molecular flexibility index (Phi) is 4.65. The Morgan fingerprint density at radius 2 is 2.00 bits per heavy atom. The predicted molar refractivity (Wildman–Crippen MR) is 83.8 cm³/mol. The van der Waals surface area contributed by atoms with E-state index in [0.717, 1.165) is 24.5 Å². The van der Waals surface area contributed by atoms with Crippen LogP contribution in [0.5, 0.6) is 5.75 Å². The molecule has 7 heteroatoms. The molecule has 22 heavy (non-hydrogen) atoms. The van der Waals surface area contributed by atoms with E-state index in [1.807, 2.05) is 31.2 Å². The first-order valence-corrected chi connectivity index (χ1v) is 7.37. The van der Waals surface area contributed by atoms with Crippen molar-refractivity contribution in [2.24, 2.45) is 0 Å². The molecule has 2 aromatic rings. The summed E-state index contributed by atoms with van der Waals surface area (Å²) in [5.74, 6) is 2.14. The quantitative estimate of drug-likeness (QED) is 0.903. The summed E-state index contributed by atoms with van der Waals surface area (Å²) in [6.45, 7) is 5.58. The summed E-state index contributed by atoms with van der Waals surface area (Å²) in [5, 5.41) is 11.3. The van der Waals surface area contributed by atoms with Gasteiger partial charge in [-0.05, 0) is 31.2 Å². The molecule has 116 valence electrons. The summed E-state index contributed by atoms with van der Waals surface area (Å²) >= 11 is 0. The second kappa shape index (κ2) is 7.04. The minimum absolute atomic E-state index is 0.624. The number of hydrogen-bond acceptors (Lipinski definition) is 7. The van der Waals surface area contributed by atoms with E-state index in [-0.39, 0.29) is 0 Å². The lowest BCUT2D eigenvalue weighted by atomic mass is 10.3. The number of morpholine rings is 1. The lowest BCUT2D eigenvalue weighted by molar-refractivity contribution is 0.122. The van der Waals surface area contributed by atoms with Gasteiger partial charge in [-0.3, -0.25) is 0 Å². The first kappa shape index (κ1) is 14.5. The zero-order chi connectivity index (χ0) is 15.2. The summed E-state index contributed by atoms with van der Waals surface area (Å²) in [4.78, 5) is 6.57. The van der Waals surface area contributed by atoms with Crippen molar-refractivity contribution in [2.45, 2.75) is 6.92 Å². The van der Waals surface area contributed by atoms with Crippen LogP contribution in [0.4, 0.5) is 17.5 Å². The topological polar surface area (TPSA) is 72.4 Å². The Balaban J connectivity index is 1.69. The van der Waals surface area contributed by atoms with Crippen molar-refractivity contribution in [2.75, 3.05) is 43.1 Å². The van der Waals surface area contributed by atoms with Gasteiger partial charge in [-0.2, -0.15) is 10.1 Å². The van der Waals surface area contributed by atoms with Gasteiger partial charge in [-0.15, -0.1) is 5.10 Å². The van der Waals surface area contributed by atoms with Crippen LogP contribution in [0.25, 0.3) is 0 Å². The highest BCUT2D eigenvalue weighted by molar-refractivity contribution is 5.57. The summed E-state index contributed by atoms with van der Waals surface area (Å²) in [6.07, 6.45) is 1.61. The van der Waals surface area contributed by atoms with Gasteiger partial charge in [-0.1, -0.05) is 0 Å². The van der Waals surface area contributed by atoms with E-state index >= 15 is 0 Å². The highest BCUT2D eigenvalue weighted by Crippen LogP contribution is 2.19. The first-order chi connectivity index (χ1) is 10.8. The molecule has 2 heterocycles. The third-order valence-electron chi connectivity index (χ3n) is 3.28. The number of benzene rings is 1. The molecule has 0 amide bonds. The summed E-state index contributed by atoms with van der Waals surface area (Å²) in [6, 6.07) is 7.73. The van der Waals surface area contributed by atoms with Crippen LogP contribution >= 0.6 is 0 Å². The average Bonchev–Trinajstić information content (AvgIpc) is 2.58. The van der Waals surface area contributed by atoms with E-state index in [1.54, 1.807) is 6.20 Å². The van der Waals surface area contributed by atoms with Gasteiger partial charge in [-0.25, -0.2) is 0 Å². The van der Waals surface area contributed by atoms with E-state index in [9.17, 15) is 0 Å². The number of nitrogens with zero attached hydrogens (tertiary/aromatic N) is 4. The molecule has 1 aliphatic heterocycles. The maximum Gasteiger partial charge on any atom is 0.247 e. The van der Waals surface area contributed by atoms with Crippen LogP contribution in [0, 0.1) is 0 Å². The van der Waals surface area contributed by atoms with Crippen molar-refractivity contribution >= 4 is 17.5 Å². The van der Waals surface area contributed by atoms with E-state index in [0.29, 0.717) is 31.6 Å². The molecule has 0 bridgehead atoms. The second-order valence-electron chi connectivity index (χ2n) is 4.82. The first-order valence-electron chi connectivity index (χ1n) is 7.37. The number of nitrogens with one attached hydrogen (secondary N) is 1. The summed E-state index contributed by atoms with van der Waals surface area (Å²) in [5.41, 5.74) is 0.928. The van der Waals surface area contributed by atoms with E-state index < -0.39 is 0 Å². The molecule has 0 unspecified atom stereocenters. The van der Waals surface area contributed by atoms with Gasteiger partial charge < -0.3 is 19.7 Å². The zero-order valence-electron chi connectivity index (χ0n) is 12.5. The maximum absolute atomic E-state index is 5.43. The van der Waals surface area contributed by atoms with Crippen LogP contribution in [0.15, 0.2) is 30.5 Å². The van der Waals surface area contributed by atoms with Gasteiger partial charge >= 0.3 is 0 Å². The molecule has 0 saturated carbocycles. The summed E-state index contributed by atoms with van der Waals surface area (Å²) < 4.78 is 10.8. The van der Waals surface area contributed by atoms with Crippen LogP contribution in [0.3, 0.4) is 0 Å². The molecule has 1 fully saturated rings. The lowest BCUT2D eigenvalue weighted by Gasteiger charge is -2.26. The Bertz CT molecular complexity index is 599. The number of aromatic nitrogens is 3. The average molecular weight is 301 g/mol. The molecule has 0 atom stereocenters. The van der Waals surface area contributed by atoms with Gasteiger partial charge in [0.25, 0.3) is 0 Å². The predicted octanol–water partition coefficient (Wildman–Crippen LogP) is 1.85. The second-order valence-corrected chi connectivity index (χ2v) is 4.82. The fourth-order valence-corrected chi connectivity index (χ4v) is 2.20. The Hall–Kier alpha value is -2.41. The highest BCUT2D eigenvalue weighted by Gasteiger charge is 2.14. The normalized spacial score (nSPS) is 14.7.